The summed E-state index contributed by atoms with van der Waals surface area (Å²) >= 11 is 0.994. The number of nitrogens with one attached hydrogen (secondary N) is 1. The van der Waals surface area contributed by atoms with Crippen molar-refractivity contribution in [2.75, 3.05) is 12.4 Å². The average Bonchev–Trinajstić information content (AvgIpc) is 2.67. The Morgan fingerprint density at radius 3 is 2.43 bits per heavy atom. The molecule has 0 atom stereocenters. The van der Waals surface area contributed by atoms with Gasteiger partial charge in [-0.15, -0.1) is 0 Å². The van der Waals surface area contributed by atoms with Gasteiger partial charge in [-0.2, -0.15) is 0 Å². The lowest BCUT2D eigenvalue weighted by molar-refractivity contribution is -0.139. The van der Waals surface area contributed by atoms with E-state index in [0.29, 0.717) is 10.6 Å². The van der Waals surface area contributed by atoms with E-state index in [1.807, 2.05) is 0 Å². The predicted octanol–water partition coefficient (Wildman–Crippen LogP) is 2.54. The molecule has 116 valence electrons. The number of hydrogen-bond acceptors (Lipinski definition) is 7. The van der Waals surface area contributed by atoms with E-state index < -0.39 is 23.4 Å². The molecule has 0 fully saturated rings. The molecule has 0 saturated carbocycles. The number of ketones is 1. The maximum Gasteiger partial charge on any atom is 0.413 e. The van der Waals surface area contributed by atoms with Gasteiger partial charge in [-0.25, -0.2) is 9.78 Å². The Balaban J connectivity index is 2.76. The molecule has 1 rings (SSSR count). The van der Waals surface area contributed by atoms with Crippen molar-refractivity contribution in [3.8, 4) is 0 Å². The number of carbonyl (C=O) groups is 3. The summed E-state index contributed by atoms with van der Waals surface area (Å²) in [4.78, 5) is 39.0. The molecule has 0 aliphatic heterocycles. The summed E-state index contributed by atoms with van der Waals surface area (Å²) in [6.07, 6.45) is -1.01. The molecule has 1 amide bonds. The Labute approximate surface area is 126 Å². The first-order valence-corrected chi connectivity index (χ1v) is 7.01. The molecule has 1 aromatic rings. The van der Waals surface area contributed by atoms with Gasteiger partial charge in [0.15, 0.2) is 10.9 Å². The number of carbonyl (C=O) groups excluding carboxylic acids is 3. The predicted molar refractivity (Wildman–Crippen MR) is 77.7 cm³/mol. The van der Waals surface area contributed by atoms with Crippen molar-refractivity contribution in [1.29, 1.82) is 0 Å². The number of amides is 1. The molecule has 1 aromatic heterocycles. The minimum atomic E-state index is -0.650. The maximum absolute atomic E-state index is 11.9. The first-order chi connectivity index (χ1) is 9.62. The Bertz CT molecular complexity index is 559. The van der Waals surface area contributed by atoms with Crippen molar-refractivity contribution in [1.82, 2.24) is 4.98 Å². The number of aryl methyl sites for hydroxylation is 1. The van der Waals surface area contributed by atoms with Gasteiger partial charge in [0.1, 0.15) is 12.0 Å². The van der Waals surface area contributed by atoms with Crippen LogP contribution in [-0.2, 0) is 14.3 Å². The van der Waals surface area contributed by atoms with Gasteiger partial charge in [0, 0.05) is 0 Å². The SMILES string of the molecule is COC(=O)CC(=O)c1sc(NC(=O)OC(C)(C)C)nc1C. The summed E-state index contributed by atoms with van der Waals surface area (Å²) in [5, 5.41) is 2.71. The molecule has 0 unspecified atom stereocenters. The van der Waals surface area contributed by atoms with E-state index in [4.69, 9.17) is 4.74 Å². The van der Waals surface area contributed by atoms with Crippen molar-refractivity contribution in [3.63, 3.8) is 0 Å². The number of anilines is 1. The van der Waals surface area contributed by atoms with Gasteiger partial charge in [0.25, 0.3) is 0 Å². The van der Waals surface area contributed by atoms with E-state index in [0.717, 1.165) is 11.3 Å². The Hall–Kier alpha value is -1.96. The number of hydrogen-bond donors (Lipinski definition) is 1. The third-order valence-electron chi connectivity index (χ3n) is 2.19. The topological polar surface area (TPSA) is 94.6 Å². The summed E-state index contributed by atoms with van der Waals surface area (Å²) in [5.41, 5.74) is -0.181. The first-order valence-electron chi connectivity index (χ1n) is 6.20. The molecular weight excluding hydrogens is 296 g/mol. The van der Waals surface area contributed by atoms with Crippen LogP contribution in [0.15, 0.2) is 0 Å². The molecule has 8 heteroatoms. The highest BCUT2D eigenvalue weighted by atomic mass is 32.1. The summed E-state index contributed by atoms with van der Waals surface area (Å²) in [7, 11) is 1.21. The van der Waals surface area contributed by atoms with Crippen LogP contribution >= 0.6 is 11.3 Å². The fourth-order valence-electron chi connectivity index (χ4n) is 1.38. The fraction of sp³-hybridized carbons (Fsp3) is 0.538. The van der Waals surface area contributed by atoms with Crippen LogP contribution in [0.3, 0.4) is 0 Å². The lowest BCUT2D eigenvalue weighted by Crippen LogP contribution is -2.27. The molecule has 0 aliphatic carbocycles. The van der Waals surface area contributed by atoms with Crippen molar-refractivity contribution in [3.05, 3.63) is 10.6 Å². The van der Waals surface area contributed by atoms with Crippen LogP contribution in [-0.4, -0.2) is 35.5 Å². The molecule has 0 aromatic carbocycles. The smallest absolute Gasteiger partial charge is 0.413 e. The Kier molecular flexibility index (Phi) is 5.42. The zero-order valence-corrected chi connectivity index (χ0v) is 13.4. The van der Waals surface area contributed by atoms with Crippen molar-refractivity contribution in [2.24, 2.45) is 0 Å². The molecule has 0 saturated heterocycles. The zero-order chi connectivity index (χ0) is 16.2. The molecule has 0 bridgehead atoms. The summed E-state index contributed by atoms with van der Waals surface area (Å²) < 4.78 is 9.53. The van der Waals surface area contributed by atoms with Gasteiger partial charge in [0.05, 0.1) is 17.7 Å². The van der Waals surface area contributed by atoms with Crippen LogP contribution in [0.4, 0.5) is 9.93 Å². The fourth-order valence-corrected chi connectivity index (χ4v) is 2.27. The number of aromatic nitrogens is 1. The van der Waals surface area contributed by atoms with E-state index in [1.54, 1.807) is 27.7 Å². The average molecular weight is 314 g/mol. The number of ether oxygens (including phenoxy) is 2. The second kappa shape index (κ2) is 6.66. The van der Waals surface area contributed by atoms with Crippen molar-refractivity contribution in [2.45, 2.75) is 39.7 Å². The first kappa shape index (κ1) is 17.1. The van der Waals surface area contributed by atoms with E-state index >= 15 is 0 Å². The second-order valence-corrected chi connectivity index (χ2v) is 6.24. The van der Waals surface area contributed by atoms with Crippen LogP contribution in [0.5, 0.6) is 0 Å². The number of thiazole rings is 1. The van der Waals surface area contributed by atoms with Crippen molar-refractivity contribution >= 4 is 34.3 Å². The van der Waals surface area contributed by atoms with Crippen molar-refractivity contribution < 1.29 is 23.9 Å². The monoisotopic (exact) mass is 314 g/mol. The summed E-state index contributed by atoms with van der Waals surface area (Å²) in [6, 6.07) is 0. The van der Waals surface area contributed by atoms with Crippen LogP contribution in [0, 0.1) is 6.92 Å². The number of Topliss-reactive ketones (excluding diaryl/α,β-unsaturated/α-hetero) is 1. The molecule has 7 nitrogen and oxygen atoms in total. The highest BCUT2D eigenvalue weighted by molar-refractivity contribution is 7.17. The van der Waals surface area contributed by atoms with Gasteiger partial charge in [-0.05, 0) is 27.7 Å². The third kappa shape index (κ3) is 5.50. The molecule has 0 spiro atoms. The molecule has 0 aliphatic rings. The minimum Gasteiger partial charge on any atom is -0.469 e. The normalized spacial score (nSPS) is 10.9. The lowest BCUT2D eigenvalue weighted by Gasteiger charge is -2.18. The van der Waals surface area contributed by atoms with Crippen LogP contribution in [0.1, 0.15) is 42.6 Å². The van der Waals surface area contributed by atoms with E-state index in [1.165, 1.54) is 7.11 Å². The highest BCUT2D eigenvalue weighted by Gasteiger charge is 2.21. The molecular formula is C13H18N2O5S. The van der Waals surface area contributed by atoms with Gasteiger partial charge in [-0.3, -0.25) is 14.9 Å². The van der Waals surface area contributed by atoms with Crippen LogP contribution < -0.4 is 5.32 Å². The molecule has 1 heterocycles. The van der Waals surface area contributed by atoms with Gasteiger partial charge < -0.3 is 9.47 Å². The highest BCUT2D eigenvalue weighted by Crippen LogP contribution is 2.24. The Morgan fingerprint density at radius 2 is 1.90 bits per heavy atom. The minimum absolute atomic E-state index is 0.245. The zero-order valence-electron chi connectivity index (χ0n) is 12.6. The quantitative estimate of drug-likeness (QED) is 0.521. The van der Waals surface area contributed by atoms with E-state index in [2.05, 4.69) is 15.0 Å². The number of nitrogens with zero attached hydrogens (tertiary/aromatic N) is 1. The molecule has 0 radical (unpaired) electrons. The van der Waals surface area contributed by atoms with Crippen LogP contribution in [0.25, 0.3) is 0 Å². The third-order valence-corrected chi connectivity index (χ3v) is 3.30. The largest absolute Gasteiger partial charge is 0.469 e. The standard InChI is InChI=1S/C13H18N2O5S/c1-7-10(8(16)6-9(17)19-5)21-11(14-7)15-12(18)20-13(2,3)4/h6H2,1-5H3,(H,14,15,18). The van der Waals surface area contributed by atoms with Gasteiger partial charge in [0.2, 0.25) is 0 Å². The number of esters is 1. The summed E-state index contributed by atoms with van der Waals surface area (Å²) in [6.45, 7) is 6.85. The number of rotatable bonds is 4. The van der Waals surface area contributed by atoms with Gasteiger partial charge in [-0.1, -0.05) is 11.3 Å². The maximum atomic E-state index is 11.9. The summed E-state index contributed by atoms with van der Waals surface area (Å²) in [5.74, 6) is -1.01. The van der Waals surface area contributed by atoms with E-state index in [9.17, 15) is 14.4 Å². The Morgan fingerprint density at radius 1 is 1.29 bits per heavy atom. The molecule has 1 N–H and O–H groups in total. The van der Waals surface area contributed by atoms with E-state index in [-0.39, 0.29) is 11.6 Å². The van der Waals surface area contributed by atoms with Gasteiger partial charge >= 0.3 is 12.1 Å². The second-order valence-electron chi connectivity index (χ2n) is 5.24. The number of methoxy groups -OCH3 is 1. The lowest BCUT2D eigenvalue weighted by atomic mass is 10.2. The molecule has 21 heavy (non-hydrogen) atoms. The van der Waals surface area contributed by atoms with Crippen LogP contribution in [0.2, 0.25) is 0 Å².